The number of allylic oxidation sites excluding steroid dienone is 2. The first kappa shape index (κ1) is 27.3. The van der Waals surface area contributed by atoms with Crippen molar-refractivity contribution in [1.29, 1.82) is 0 Å². The monoisotopic (exact) mass is 520 g/mol. The molecule has 0 fully saturated rings. The third-order valence-corrected chi connectivity index (χ3v) is 6.59. The Labute approximate surface area is 231 Å². The predicted octanol–water partition coefficient (Wildman–Crippen LogP) is 7.50. The molecule has 6 nitrogen and oxygen atoms in total. The van der Waals surface area contributed by atoms with Gasteiger partial charge in [0.05, 0.1) is 14.2 Å². The lowest BCUT2D eigenvalue weighted by atomic mass is 10.0. The molecule has 3 aromatic carbocycles. The summed E-state index contributed by atoms with van der Waals surface area (Å²) in [6.45, 7) is 6.29. The van der Waals surface area contributed by atoms with Crippen LogP contribution < -0.4 is 25.8 Å². The van der Waals surface area contributed by atoms with Gasteiger partial charge in [0.15, 0.2) is 11.5 Å². The number of benzene rings is 3. The van der Waals surface area contributed by atoms with Crippen LogP contribution in [0.5, 0.6) is 11.5 Å². The van der Waals surface area contributed by atoms with Crippen LogP contribution in [-0.4, -0.2) is 19.2 Å². The highest BCUT2D eigenvalue weighted by molar-refractivity contribution is 5.80. The number of methoxy groups -OCH3 is 2. The van der Waals surface area contributed by atoms with Gasteiger partial charge in [0.25, 0.3) is 0 Å². The lowest BCUT2D eigenvalue weighted by Gasteiger charge is -2.12. The predicted molar refractivity (Wildman–Crippen MR) is 163 cm³/mol. The molecule has 4 N–H and O–H groups in total. The fraction of sp³-hybridized carbons (Fsp3) is 0.182. The summed E-state index contributed by atoms with van der Waals surface area (Å²) < 4.78 is 10.8. The van der Waals surface area contributed by atoms with E-state index in [2.05, 4.69) is 53.7 Å². The van der Waals surface area contributed by atoms with E-state index in [0.29, 0.717) is 17.3 Å². The zero-order valence-electron chi connectivity index (χ0n) is 23.2. The van der Waals surface area contributed by atoms with Crippen LogP contribution in [0.3, 0.4) is 0 Å². The van der Waals surface area contributed by atoms with E-state index in [9.17, 15) is 0 Å². The molecule has 0 unspecified atom stereocenters. The van der Waals surface area contributed by atoms with Crippen molar-refractivity contribution in [2.45, 2.75) is 27.2 Å². The average molecular weight is 521 g/mol. The summed E-state index contributed by atoms with van der Waals surface area (Å²) in [5, 5.41) is 6.71. The molecule has 1 aromatic heterocycles. The SMILES string of the molecule is CCc1ccc(/C(C)=C/N/C=C(\C)Nc2ccc(-c3cc(-c4ccc(OC)c(OC)c4)cnc3N)cc2)cc1. The Morgan fingerprint density at radius 2 is 1.51 bits per heavy atom. The van der Waals surface area contributed by atoms with E-state index in [-0.39, 0.29) is 0 Å². The maximum absolute atomic E-state index is 6.26. The second-order valence-corrected chi connectivity index (χ2v) is 9.30. The molecule has 0 aliphatic heterocycles. The first-order valence-electron chi connectivity index (χ1n) is 13.0. The lowest BCUT2D eigenvalue weighted by molar-refractivity contribution is 0.355. The second kappa shape index (κ2) is 12.7. The van der Waals surface area contributed by atoms with Gasteiger partial charge < -0.3 is 25.8 Å². The van der Waals surface area contributed by atoms with Gasteiger partial charge in [0.2, 0.25) is 0 Å². The molecule has 200 valence electrons. The van der Waals surface area contributed by atoms with Gasteiger partial charge in [-0.15, -0.1) is 0 Å². The maximum Gasteiger partial charge on any atom is 0.161 e. The van der Waals surface area contributed by atoms with E-state index in [1.807, 2.05) is 67.9 Å². The van der Waals surface area contributed by atoms with Crippen molar-refractivity contribution in [2.24, 2.45) is 0 Å². The highest BCUT2D eigenvalue weighted by Crippen LogP contribution is 2.35. The van der Waals surface area contributed by atoms with Crippen LogP contribution in [0.4, 0.5) is 11.5 Å². The van der Waals surface area contributed by atoms with Gasteiger partial charge in [-0.3, -0.25) is 0 Å². The smallest absolute Gasteiger partial charge is 0.161 e. The number of anilines is 2. The van der Waals surface area contributed by atoms with E-state index < -0.39 is 0 Å². The number of aromatic nitrogens is 1. The van der Waals surface area contributed by atoms with Crippen molar-refractivity contribution in [2.75, 3.05) is 25.3 Å². The van der Waals surface area contributed by atoms with E-state index >= 15 is 0 Å². The molecule has 6 heteroatoms. The summed E-state index contributed by atoms with van der Waals surface area (Å²) in [4.78, 5) is 4.45. The number of pyridine rings is 1. The van der Waals surface area contributed by atoms with Crippen LogP contribution in [0, 0.1) is 0 Å². The van der Waals surface area contributed by atoms with Gasteiger partial charge in [-0.1, -0.05) is 49.4 Å². The normalized spacial score (nSPS) is 11.7. The fourth-order valence-corrected chi connectivity index (χ4v) is 4.26. The molecule has 0 atom stereocenters. The summed E-state index contributed by atoms with van der Waals surface area (Å²) >= 11 is 0. The fourth-order valence-electron chi connectivity index (χ4n) is 4.26. The Hall–Kier alpha value is -4.71. The number of ether oxygens (including phenoxy) is 2. The van der Waals surface area contributed by atoms with Crippen LogP contribution >= 0.6 is 0 Å². The summed E-state index contributed by atoms with van der Waals surface area (Å²) in [5.41, 5.74) is 15.7. The molecule has 39 heavy (non-hydrogen) atoms. The van der Waals surface area contributed by atoms with Crippen molar-refractivity contribution >= 4 is 17.1 Å². The number of aryl methyl sites for hydroxylation is 1. The number of nitrogens with two attached hydrogens (primary N) is 1. The molecular formula is C33H36N4O2. The molecule has 1 heterocycles. The molecule has 4 rings (SSSR count). The molecule has 0 spiro atoms. The zero-order chi connectivity index (χ0) is 27.8. The Kier molecular flexibility index (Phi) is 8.90. The van der Waals surface area contributed by atoms with Crippen molar-refractivity contribution in [3.8, 4) is 33.8 Å². The highest BCUT2D eigenvalue weighted by Gasteiger charge is 2.10. The van der Waals surface area contributed by atoms with Crippen LogP contribution in [0.2, 0.25) is 0 Å². The highest BCUT2D eigenvalue weighted by atomic mass is 16.5. The first-order valence-corrected chi connectivity index (χ1v) is 13.0. The Bertz CT molecular complexity index is 1470. The average Bonchev–Trinajstić information content (AvgIpc) is 2.97. The molecule has 0 bridgehead atoms. The number of nitrogen functional groups attached to an aromatic ring is 1. The van der Waals surface area contributed by atoms with Crippen molar-refractivity contribution in [3.63, 3.8) is 0 Å². The maximum atomic E-state index is 6.26. The van der Waals surface area contributed by atoms with E-state index in [4.69, 9.17) is 15.2 Å². The van der Waals surface area contributed by atoms with E-state index in [1.165, 1.54) is 16.7 Å². The molecular weight excluding hydrogens is 484 g/mol. The molecule has 0 radical (unpaired) electrons. The minimum absolute atomic E-state index is 0.478. The lowest BCUT2D eigenvalue weighted by Crippen LogP contribution is -2.02. The number of hydrogen-bond donors (Lipinski definition) is 3. The molecule has 0 aliphatic rings. The number of hydrogen-bond acceptors (Lipinski definition) is 6. The van der Waals surface area contributed by atoms with Gasteiger partial charge in [-0.05, 0) is 78.4 Å². The molecule has 0 aliphatic carbocycles. The van der Waals surface area contributed by atoms with E-state index in [1.54, 1.807) is 20.4 Å². The van der Waals surface area contributed by atoms with Crippen LogP contribution in [0.1, 0.15) is 31.9 Å². The van der Waals surface area contributed by atoms with Gasteiger partial charge in [-0.2, -0.15) is 0 Å². The standard InChI is InChI=1S/C33H36N4O2/c1-6-24-7-9-25(10-8-24)22(2)19-35-20-23(3)37-29-14-11-26(12-15-29)30-17-28(21-36-33(30)34)27-13-16-31(38-4)32(18-27)39-5/h7-21,35,37H,6H2,1-5H3,(H2,34,36)/b22-19+,23-20+. The molecule has 0 amide bonds. The number of rotatable bonds is 10. The molecule has 0 saturated heterocycles. The van der Waals surface area contributed by atoms with Crippen LogP contribution in [-0.2, 0) is 6.42 Å². The minimum atomic E-state index is 0.478. The zero-order valence-corrected chi connectivity index (χ0v) is 23.2. The second-order valence-electron chi connectivity index (χ2n) is 9.30. The Morgan fingerprint density at radius 1 is 0.821 bits per heavy atom. The quantitative estimate of drug-likeness (QED) is 0.201. The first-order chi connectivity index (χ1) is 18.9. The van der Waals surface area contributed by atoms with Gasteiger partial charge in [0, 0.05) is 41.1 Å². The summed E-state index contributed by atoms with van der Waals surface area (Å²) in [6.07, 6.45) is 6.78. The largest absolute Gasteiger partial charge is 0.493 e. The van der Waals surface area contributed by atoms with E-state index in [0.717, 1.165) is 40.1 Å². The Balaban J connectivity index is 1.44. The topological polar surface area (TPSA) is 81.4 Å². The van der Waals surface area contributed by atoms with Crippen molar-refractivity contribution in [1.82, 2.24) is 10.3 Å². The third-order valence-electron chi connectivity index (χ3n) is 6.59. The van der Waals surface area contributed by atoms with Gasteiger partial charge in [-0.25, -0.2) is 4.98 Å². The van der Waals surface area contributed by atoms with Crippen LogP contribution in [0.15, 0.2) is 97.1 Å². The Morgan fingerprint density at radius 3 is 2.18 bits per heavy atom. The number of nitrogens with zero attached hydrogens (tertiary/aromatic N) is 1. The van der Waals surface area contributed by atoms with Gasteiger partial charge in [0.1, 0.15) is 5.82 Å². The number of nitrogens with one attached hydrogen (secondary N) is 2. The summed E-state index contributed by atoms with van der Waals surface area (Å²) in [5.74, 6) is 1.82. The third kappa shape index (κ3) is 6.79. The van der Waals surface area contributed by atoms with Gasteiger partial charge >= 0.3 is 0 Å². The summed E-state index contributed by atoms with van der Waals surface area (Å²) in [6, 6.07) is 24.7. The molecule has 4 aromatic rings. The van der Waals surface area contributed by atoms with Crippen LogP contribution in [0.25, 0.3) is 27.8 Å². The minimum Gasteiger partial charge on any atom is -0.493 e. The summed E-state index contributed by atoms with van der Waals surface area (Å²) in [7, 11) is 3.25. The molecule has 0 saturated carbocycles. The van der Waals surface area contributed by atoms with Crippen molar-refractivity contribution < 1.29 is 9.47 Å². The van der Waals surface area contributed by atoms with Crippen molar-refractivity contribution in [3.05, 3.63) is 108 Å².